The number of nitrogens with zero attached hydrogens (tertiary/aromatic N) is 1. The monoisotopic (exact) mass is 354 g/mol. The van der Waals surface area contributed by atoms with Crippen LogP contribution in [0.3, 0.4) is 0 Å². The number of amides is 1. The smallest absolute Gasteiger partial charge is 0.224 e. The fourth-order valence-corrected chi connectivity index (χ4v) is 3.11. The third kappa shape index (κ3) is 5.58. The van der Waals surface area contributed by atoms with E-state index < -0.39 is 0 Å². The zero-order valence-corrected chi connectivity index (χ0v) is 15.2. The SMILES string of the molecule is COc1ccc(CC(=O)NC[C@@H]2CN(Cc3ccccc3)CCO2)cc1. The van der Waals surface area contributed by atoms with E-state index >= 15 is 0 Å². The molecule has 1 aliphatic heterocycles. The lowest BCUT2D eigenvalue weighted by Crippen LogP contribution is -2.47. The van der Waals surface area contributed by atoms with Crippen molar-refractivity contribution in [1.82, 2.24) is 10.2 Å². The van der Waals surface area contributed by atoms with Crippen LogP contribution in [0.5, 0.6) is 5.75 Å². The number of methoxy groups -OCH3 is 1. The molecular weight excluding hydrogens is 328 g/mol. The van der Waals surface area contributed by atoms with Gasteiger partial charge in [0, 0.05) is 26.2 Å². The molecule has 138 valence electrons. The molecule has 1 atom stereocenters. The first-order valence-corrected chi connectivity index (χ1v) is 9.00. The maximum Gasteiger partial charge on any atom is 0.224 e. The van der Waals surface area contributed by atoms with E-state index in [1.54, 1.807) is 7.11 Å². The Bertz CT molecular complexity index is 688. The van der Waals surface area contributed by atoms with Gasteiger partial charge in [-0.2, -0.15) is 0 Å². The lowest BCUT2D eigenvalue weighted by atomic mass is 10.1. The van der Waals surface area contributed by atoms with Gasteiger partial charge in [0.25, 0.3) is 0 Å². The minimum atomic E-state index is 0.0129. The highest BCUT2D eigenvalue weighted by Crippen LogP contribution is 2.12. The van der Waals surface area contributed by atoms with Crippen LogP contribution in [0, 0.1) is 0 Å². The van der Waals surface area contributed by atoms with E-state index in [9.17, 15) is 4.79 Å². The van der Waals surface area contributed by atoms with Gasteiger partial charge in [-0.3, -0.25) is 9.69 Å². The van der Waals surface area contributed by atoms with Crippen molar-refractivity contribution in [2.75, 3.05) is 33.4 Å². The molecule has 0 saturated carbocycles. The molecule has 0 aromatic heterocycles. The van der Waals surface area contributed by atoms with Crippen LogP contribution >= 0.6 is 0 Å². The number of hydrogen-bond acceptors (Lipinski definition) is 4. The molecular formula is C21H26N2O3. The quantitative estimate of drug-likeness (QED) is 0.829. The molecule has 5 nitrogen and oxygen atoms in total. The molecule has 5 heteroatoms. The van der Waals surface area contributed by atoms with Crippen molar-refractivity contribution < 1.29 is 14.3 Å². The third-order valence-electron chi connectivity index (χ3n) is 4.52. The van der Waals surface area contributed by atoms with Crippen LogP contribution in [0.25, 0.3) is 0 Å². The Morgan fingerprint density at radius 2 is 1.92 bits per heavy atom. The van der Waals surface area contributed by atoms with Crippen molar-refractivity contribution in [2.24, 2.45) is 0 Å². The van der Waals surface area contributed by atoms with Crippen molar-refractivity contribution in [3.63, 3.8) is 0 Å². The predicted molar refractivity (Wildman–Crippen MR) is 101 cm³/mol. The molecule has 0 bridgehead atoms. The van der Waals surface area contributed by atoms with Crippen LogP contribution in [0.15, 0.2) is 54.6 Å². The number of nitrogens with one attached hydrogen (secondary N) is 1. The zero-order valence-electron chi connectivity index (χ0n) is 15.2. The summed E-state index contributed by atoms with van der Waals surface area (Å²) in [5.41, 5.74) is 2.27. The van der Waals surface area contributed by atoms with Crippen molar-refractivity contribution in [2.45, 2.75) is 19.1 Å². The Balaban J connectivity index is 1.42. The van der Waals surface area contributed by atoms with E-state index in [-0.39, 0.29) is 12.0 Å². The molecule has 0 unspecified atom stereocenters. The maximum atomic E-state index is 12.2. The van der Waals surface area contributed by atoms with Gasteiger partial charge in [-0.1, -0.05) is 42.5 Å². The van der Waals surface area contributed by atoms with E-state index in [1.807, 2.05) is 30.3 Å². The molecule has 1 fully saturated rings. The second-order valence-corrected chi connectivity index (χ2v) is 6.54. The normalized spacial score (nSPS) is 17.7. The number of morpholine rings is 1. The highest BCUT2D eigenvalue weighted by molar-refractivity contribution is 5.78. The van der Waals surface area contributed by atoms with E-state index in [0.29, 0.717) is 19.6 Å². The number of carbonyl (C=O) groups excluding carboxylic acids is 1. The second-order valence-electron chi connectivity index (χ2n) is 6.54. The van der Waals surface area contributed by atoms with E-state index in [1.165, 1.54) is 5.56 Å². The number of rotatable bonds is 7. The Labute approximate surface area is 154 Å². The fourth-order valence-electron chi connectivity index (χ4n) is 3.11. The van der Waals surface area contributed by atoms with Crippen molar-refractivity contribution in [1.29, 1.82) is 0 Å². The zero-order chi connectivity index (χ0) is 18.2. The Kier molecular flexibility index (Phi) is 6.63. The summed E-state index contributed by atoms with van der Waals surface area (Å²) in [6.45, 7) is 3.91. The van der Waals surface area contributed by atoms with Crippen LogP contribution in [0.2, 0.25) is 0 Å². The van der Waals surface area contributed by atoms with Crippen LogP contribution in [-0.2, 0) is 22.5 Å². The van der Waals surface area contributed by atoms with Gasteiger partial charge >= 0.3 is 0 Å². The van der Waals surface area contributed by atoms with Gasteiger partial charge in [-0.25, -0.2) is 0 Å². The van der Waals surface area contributed by atoms with Gasteiger partial charge in [-0.05, 0) is 23.3 Å². The molecule has 3 rings (SSSR count). The minimum absolute atomic E-state index is 0.0129. The summed E-state index contributed by atoms with van der Waals surface area (Å²) in [5, 5.41) is 2.99. The molecule has 2 aromatic rings. The first-order chi connectivity index (χ1) is 12.7. The Morgan fingerprint density at radius 1 is 1.15 bits per heavy atom. The van der Waals surface area contributed by atoms with E-state index in [0.717, 1.165) is 30.9 Å². The summed E-state index contributed by atoms with van der Waals surface area (Å²) >= 11 is 0. The van der Waals surface area contributed by atoms with Crippen LogP contribution in [0.1, 0.15) is 11.1 Å². The fraction of sp³-hybridized carbons (Fsp3) is 0.381. The molecule has 1 heterocycles. The molecule has 1 aliphatic rings. The summed E-state index contributed by atoms with van der Waals surface area (Å²) in [7, 11) is 1.63. The number of benzene rings is 2. The van der Waals surface area contributed by atoms with Gasteiger partial charge in [0.1, 0.15) is 5.75 Å². The van der Waals surface area contributed by atoms with Gasteiger partial charge in [0.05, 0.1) is 26.2 Å². The lowest BCUT2D eigenvalue weighted by molar-refractivity contribution is -0.121. The van der Waals surface area contributed by atoms with Crippen molar-refractivity contribution >= 4 is 5.91 Å². The largest absolute Gasteiger partial charge is 0.497 e. The third-order valence-corrected chi connectivity index (χ3v) is 4.52. The average molecular weight is 354 g/mol. The van der Waals surface area contributed by atoms with Crippen molar-refractivity contribution in [3.8, 4) is 5.75 Å². The number of ether oxygens (including phenoxy) is 2. The van der Waals surface area contributed by atoms with Crippen molar-refractivity contribution in [3.05, 3.63) is 65.7 Å². The van der Waals surface area contributed by atoms with Gasteiger partial charge in [0.2, 0.25) is 5.91 Å². The summed E-state index contributed by atoms with van der Waals surface area (Å²) in [5.74, 6) is 0.808. The first kappa shape index (κ1) is 18.4. The Hall–Kier alpha value is -2.37. The highest BCUT2D eigenvalue weighted by atomic mass is 16.5. The molecule has 0 spiro atoms. The summed E-state index contributed by atoms with van der Waals surface area (Å²) in [6.07, 6.45) is 0.400. The van der Waals surface area contributed by atoms with Crippen LogP contribution < -0.4 is 10.1 Å². The standard InChI is InChI=1S/C21H26N2O3/c1-25-19-9-7-17(8-10-19)13-21(24)22-14-20-16-23(11-12-26-20)15-18-5-3-2-4-6-18/h2-10,20H,11-16H2,1H3,(H,22,24)/t20-/m1/s1. The molecule has 1 amide bonds. The summed E-state index contributed by atoms with van der Waals surface area (Å²) in [4.78, 5) is 14.5. The van der Waals surface area contributed by atoms with Gasteiger partial charge in [0.15, 0.2) is 0 Å². The Morgan fingerprint density at radius 3 is 2.65 bits per heavy atom. The highest BCUT2D eigenvalue weighted by Gasteiger charge is 2.21. The van der Waals surface area contributed by atoms with Gasteiger partial charge < -0.3 is 14.8 Å². The molecule has 26 heavy (non-hydrogen) atoms. The number of hydrogen-bond donors (Lipinski definition) is 1. The summed E-state index contributed by atoms with van der Waals surface area (Å²) < 4.78 is 10.9. The lowest BCUT2D eigenvalue weighted by Gasteiger charge is -2.33. The molecule has 0 radical (unpaired) electrons. The topological polar surface area (TPSA) is 50.8 Å². The van der Waals surface area contributed by atoms with Crippen LogP contribution in [-0.4, -0.2) is 50.3 Å². The summed E-state index contributed by atoms with van der Waals surface area (Å²) in [6, 6.07) is 18.0. The maximum absolute atomic E-state index is 12.2. The van der Waals surface area contributed by atoms with Gasteiger partial charge in [-0.15, -0.1) is 0 Å². The molecule has 1 N–H and O–H groups in total. The average Bonchev–Trinajstić information content (AvgIpc) is 2.68. The molecule has 2 aromatic carbocycles. The predicted octanol–water partition coefficient (Wildman–Crippen LogP) is 2.25. The van der Waals surface area contributed by atoms with E-state index in [2.05, 4.69) is 34.5 Å². The van der Waals surface area contributed by atoms with Crippen LogP contribution in [0.4, 0.5) is 0 Å². The molecule has 1 saturated heterocycles. The minimum Gasteiger partial charge on any atom is -0.497 e. The second kappa shape index (κ2) is 9.36. The first-order valence-electron chi connectivity index (χ1n) is 9.00. The van der Waals surface area contributed by atoms with E-state index in [4.69, 9.17) is 9.47 Å². The number of carbonyl (C=O) groups is 1. The molecule has 0 aliphatic carbocycles.